The summed E-state index contributed by atoms with van der Waals surface area (Å²) in [4.78, 5) is 35.3. The number of hydrogen-bond donors (Lipinski definition) is 4. The van der Waals surface area contributed by atoms with Crippen LogP contribution in [0.1, 0.15) is 10.4 Å². The first-order chi connectivity index (χ1) is 16.6. The first-order valence-corrected chi connectivity index (χ1v) is 10.2. The Morgan fingerprint density at radius 1 is 1.09 bits per heavy atom. The van der Waals surface area contributed by atoms with E-state index in [1.54, 1.807) is 9.80 Å². The van der Waals surface area contributed by atoms with Gasteiger partial charge in [0.05, 0.1) is 11.1 Å². The molecular formula is C21H19F3N8O3. The maximum Gasteiger partial charge on any atom is 0.341 e. The van der Waals surface area contributed by atoms with Crippen molar-refractivity contribution in [3.63, 3.8) is 0 Å². The minimum absolute atomic E-state index is 0.154. The average Bonchev–Trinajstić information content (AvgIpc) is 2.79. The van der Waals surface area contributed by atoms with E-state index in [4.69, 9.17) is 16.9 Å². The van der Waals surface area contributed by atoms with Crippen molar-refractivity contribution in [2.24, 2.45) is 16.5 Å². The second-order valence-electron chi connectivity index (χ2n) is 7.64. The van der Waals surface area contributed by atoms with Gasteiger partial charge < -0.3 is 26.4 Å². The zero-order valence-corrected chi connectivity index (χ0v) is 18.0. The van der Waals surface area contributed by atoms with Crippen LogP contribution in [-0.2, 0) is 0 Å². The van der Waals surface area contributed by atoms with Crippen LogP contribution in [0.5, 0.6) is 0 Å². The van der Waals surface area contributed by atoms with E-state index in [0.717, 1.165) is 29.0 Å². The average molecular weight is 488 g/mol. The van der Waals surface area contributed by atoms with Crippen LogP contribution in [0.25, 0.3) is 16.7 Å². The number of piperazine rings is 1. The molecule has 0 amide bonds. The number of nitrogens with two attached hydrogens (primary N) is 2. The molecule has 1 saturated heterocycles. The minimum atomic E-state index is -1.60. The molecule has 4 rings (SSSR count). The summed E-state index contributed by atoms with van der Waals surface area (Å²) in [6, 6.07) is 3.45. The van der Waals surface area contributed by atoms with Crippen molar-refractivity contribution in [2.45, 2.75) is 0 Å². The molecule has 1 aliphatic heterocycles. The molecule has 0 aliphatic carbocycles. The molecule has 1 aliphatic rings. The van der Waals surface area contributed by atoms with Gasteiger partial charge in [0, 0.05) is 38.4 Å². The summed E-state index contributed by atoms with van der Waals surface area (Å²) in [5, 5.41) is 16.9. The fraction of sp³-hybridized carbons (Fsp3) is 0.190. The molecule has 2 aromatic heterocycles. The van der Waals surface area contributed by atoms with Gasteiger partial charge in [0.25, 0.3) is 0 Å². The molecule has 1 fully saturated rings. The third-order valence-corrected chi connectivity index (χ3v) is 5.43. The number of anilines is 1. The van der Waals surface area contributed by atoms with Crippen LogP contribution < -0.4 is 21.8 Å². The number of nitrogens with one attached hydrogen (secondary N) is 1. The molecule has 1 aromatic carbocycles. The van der Waals surface area contributed by atoms with Crippen molar-refractivity contribution in [1.82, 2.24) is 14.5 Å². The van der Waals surface area contributed by atoms with Crippen LogP contribution in [0.15, 0.2) is 40.2 Å². The summed E-state index contributed by atoms with van der Waals surface area (Å²) in [5.41, 5.74) is 8.36. The Labute approximate surface area is 195 Å². The van der Waals surface area contributed by atoms with Gasteiger partial charge in [-0.3, -0.25) is 14.8 Å². The molecule has 35 heavy (non-hydrogen) atoms. The van der Waals surface area contributed by atoms with E-state index in [9.17, 15) is 23.5 Å². The third-order valence-electron chi connectivity index (χ3n) is 5.43. The Kier molecular flexibility index (Phi) is 6.03. The van der Waals surface area contributed by atoms with Crippen LogP contribution in [0.4, 0.5) is 19.0 Å². The first-order valence-electron chi connectivity index (χ1n) is 10.2. The maximum atomic E-state index is 15.1. The summed E-state index contributed by atoms with van der Waals surface area (Å²) >= 11 is 0. The van der Waals surface area contributed by atoms with E-state index in [2.05, 4.69) is 9.98 Å². The lowest BCUT2D eigenvalue weighted by atomic mass is 10.1. The molecular weight excluding hydrogens is 469 g/mol. The molecule has 0 bridgehead atoms. The summed E-state index contributed by atoms with van der Waals surface area (Å²) in [6.45, 7) is 0.929. The standard InChI is InChI=1S/C21H19F3N8O3/c22-10-1-2-15(13(23)7-10)32-9-12(19(34)35)16(33)11-8-14(24)18(28-17(11)32)30-3-5-31(6-4-30)21(27)29-20(25)26/h1-2,7-9H,3-6H2,(H,34,35)(H5,25,26,27,29). The van der Waals surface area contributed by atoms with Gasteiger partial charge in [-0.1, -0.05) is 0 Å². The van der Waals surface area contributed by atoms with Gasteiger partial charge in [-0.25, -0.2) is 22.9 Å². The highest BCUT2D eigenvalue weighted by molar-refractivity contribution is 5.93. The number of carboxylic acid groups (broad SMARTS) is 1. The van der Waals surface area contributed by atoms with E-state index in [0.29, 0.717) is 6.07 Å². The third kappa shape index (κ3) is 4.45. The maximum absolute atomic E-state index is 15.1. The largest absolute Gasteiger partial charge is 0.477 e. The van der Waals surface area contributed by atoms with Gasteiger partial charge in [0.1, 0.15) is 17.2 Å². The molecule has 182 valence electrons. The number of aliphatic imine (C=N–C) groups is 1. The quantitative estimate of drug-likeness (QED) is 0.311. The highest BCUT2D eigenvalue weighted by Gasteiger charge is 2.25. The van der Waals surface area contributed by atoms with Gasteiger partial charge in [0.2, 0.25) is 11.4 Å². The summed E-state index contributed by atoms with van der Waals surface area (Å²) in [6.07, 6.45) is 0.868. The monoisotopic (exact) mass is 488 g/mol. The summed E-state index contributed by atoms with van der Waals surface area (Å²) in [7, 11) is 0. The van der Waals surface area contributed by atoms with Crippen molar-refractivity contribution in [1.29, 1.82) is 5.41 Å². The van der Waals surface area contributed by atoms with Crippen molar-refractivity contribution in [3.8, 4) is 5.69 Å². The molecule has 0 spiro atoms. The first kappa shape index (κ1) is 23.5. The number of carbonyl (C=O) groups is 1. The number of aromatic carboxylic acids is 1. The molecule has 3 heterocycles. The second kappa shape index (κ2) is 8.96. The van der Waals surface area contributed by atoms with E-state index in [1.165, 1.54) is 0 Å². The van der Waals surface area contributed by atoms with Crippen molar-refractivity contribution in [3.05, 3.63) is 63.7 Å². The topological polar surface area (TPSA) is 167 Å². The zero-order chi connectivity index (χ0) is 25.4. The number of fused-ring (bicyclic) bond motifs is 1. The number of rotatable bonds is 3. The van der Waals surface area contributed by atoms with Crippen LogP contribution in [0.2, 0.25) is 0 Å². The van der Waals surface area contributed by atoms with Gasteiger partial charge in [-0.15, -0.1) is 0 Å². The van der Waals surface area contributed by atoms with Gasteiger partial charge >= 0.3 is 5.97 Å². The number of guanidine groups is 2. The number of pyridine rings is 2. The van der Waals surface area contributed by atoms with E-state index in [-0.39, 0.29) is 60.6 Å². The highest BCUT2D eigenvalue weighted by Crippen LogP contribution is 2.25. The Bertz CT molecular complexity index is 1440. The van der Waals surface area contributed by atoms with Gasteiger partial charge in [-0.05, 0) is 18.2 Å². The predicted molar refractivity (Wildman–Crippen MR) is 121 cm³/mol. The van der Waals surface area contributed by atoms with Crippen molar-refractivity contribution in [2.75, 3.05) is 31.1 Å². The van der Waals surface area contributed by atoms with Crippen LogP contribution in [0.3, 0.4) is 0 Å². The van der Waals surface area contributed by atoms with Gasteiger partial charge in [0.15, 0.2) is 23.2 Å². The molecule has 6 N–H and O–H groups in total. The molecule has 11 nitrogen and oxygen atoms in total. The Morgan fingerprint density at radius 2 is 1.77 bits per heavy atom. The number of benzene rings is 1. The lowest BCUT2D eigenvalue weighted by Gasteiger charge is -2.35. The predicted octanol–water partition coefficient (Wildman–Crippen LogP) is 0.831. The SMILES string of the molecule is N=C(N=C(N)N)N1CCN(c2nc3c(cc2F)c(=O)c(C(=O)O)cn3-c2ccc(F)cc2F)CC1. The normalized spacial score (nSPS) is 13.7. The Balaban J connectivity index is 1.82. The molecule has 3 aromatic rings. The molecule has 0 unspecified atom stereocenters. The number of nitrogens with zero attached hydrogens (tertiary/aromatic N) is 5. The summed E-state index contributed by atoms with van der Waals surface area (Å²) < 4.78 is 44.1. The van der Waals surface area contributed by atoms with Gasteiger partial charge in [-0.2, -0.15) is 4.99 Å². The van der Waals surface area contributed by atoms with Crippen LogP contribution >= 0.6 is 0 Å². The van der Waals surface area contributed by atoms with Crippen molar-refractivity contribution >= 4 is 34.7 Å². The molecule has 0 radical (unpaired) electrons. The highest BCUT2D eigenvalue weighted by atomic mass is 19.1. The second-order valence-corrected chi connectivity index (χ2v) is 7.64. The number of halogens is 3. The summed E-state index contributed by atoms with van der Waals surface area (Å²) in [5.74, 6) is -4.98. The van der Waals surface area contributed by atoms with E-state index < -0.39 is 34.4 Å². The zero-order valence-electron chi connectivity index (χ0n) is 18.0. The van der Waals surface area contributed by atoms with Crippen molar-refractivity contribution < 1.29 is 23.1 Å². The minimum Gasteiger partial charge on any atom is -0.477 e. The smallest absolute Gasteiger partial charge is 0.341 e. The number of hydrogen-bond acceptors (Lipinski definition) is 5. The Hall–Kier alpha value is -4.62. The lowest BCUT2D eigenvalue weighted by molar-refractivity contribution is 0.0695. The lowest BCUT2D eigenvalue weighted by Crippen LogP contribution is -2.49. The molecule has 0 saturated carbocycles. The molecule has 0 atom stereocenters. The number of aromatic nitrogens is 2. The Morgan fingerprint density at radius 3 is 2.37 bits per heavy atom. The van der Waals surface area contributed by atoms with Crippen LogP contribution in [0, 0.1) is 22.9 Å². The fourth-order valence-corrected chi connectivity index (χ4v) is 3.77. The van der Waals surface area contributed by atoms with E-state index >= 15 is 4.39 Å². The molecule has 14 heteroatoms. The van der Waals surface area contributed by atoms with Crippen LogP contribution in [-0.4, -0.2) is 63.6 Å². The number of carboxylic acids is 1. The van der Waals surface area contributed by atoms with E-state index in [1.807, 2.05) is 0 Å². The fourth-order valence-electron chi connectivity index (χ4n) is 3.77.